The van der Waals surface area contributed by atoms with E-state index in [4.69, 9.17) is 0 Å². The minimum atomic E-state index is -4.53. The molecule has 1 heterocycles. The van der Waals surface area contributed by atoms with Gasteiger partial charge in [-0.15, -0.1) is 0 Å². The molecule has 2 aromatic carbocycles. The standard InChI is InChI=1S/C21H21F3N2O/c1-13(2)15-8-9-19-16(12-15)10-11-26(19)14(3)20(27)25-18-7-5-4-6-17(18)21(22,23)24/h4-14H,1-3H3,(H,25,27). The van der Waals surface area contributed by atoms with Gasteiger partial charge in [-0.05, 0) is 54.1 Å². The molecule has 0 aliphatic heterocycles. The summed E-state index contributed by atoms with van der Waals surface area (Å²) < 4.78 is 41.2. The lowest BCUT2D eigenvalue weighted by Crippen LogP contribution is -2.24. The first kappa shape index (κ1) is 19.0. The Kier molecular flexibility index (Phi) is 5.00. The number of nitrogens with zero attached hydrogens (tertiary/aromatic N) is 1. The molecule has 0 aliphatic carbocycles. The van der Waals surface area contributed by atoms with E-state index >= 15 is 0 Å². The molecule has 0 fully saturated rings. The van der Waals surface area contributed by atoms with Gasteiger partial charge in [0.2, 0.25) is 5.91 Å². The molecule has 0 saturated heterocycles. The van der Waals surface area contributed by atoms with Gasteiger partial charge in [0, 0.05) is 11.7 Å². The summed E-state index contributed by atoms with van der Waals surface area (Å²) in [6.45, 7) is 5.87. The average molecular weight is 374 g/mol. The van der Waals surface area contributed by atoms with Crippen LogP contribution < -0.4 is 5.32 Å². The number of hydrogen-bond donors (Lipinski definition) is 1. The van der Waals surface area contributed by atoms with E-state index in [1.54, 1.807) is 17.7 Å². The number of alkyl halides is 3. The maximum Gasteiger partial charge on any atom is 0.418 e. The number of para-hydroxylation sites is 1. The van der Waals surface area contributed by atoms with Crippen molar-refractivity contribution in [2.75, 3.05) is 5.32 Å². The van der Waals surface area contributed by atoms with Gasteiger partial charge < -0.3 is 9.88 Å². The first-order chi connectivity index (χ1) is 12.7. The lowest BCUT2D eigenvalue weighted by atomic mass is 10.0. The number of rotatable bonds is 4. The van der Waals surface area contributed by atoms with Crippen LogP contribution in [0.4, 0.5) is 18.9 Å². The van der Waals surface area contributed by atoms with Crippen LogP contribution in [0.3, 0.4) is 0 Å². The Hall–Kier alpha value is -2.76. The minimum Gasteiger partial charge on any atom is -0.335 e. The molecule has 6 heteroatoms. The number of fused-ring (bicyclic) bond motifs is 1. The van der Waals surface area contributed by atoms with Crippen molar-refractivity contribution in [3.8, 4) is 0 Å². The van der Waals surface area contributed by atoms with Crippen molar-refractivity contribution in [3.05, 3.63) is 65.9 Å². The molecule has 3 rings (SSSR count). The molecule has 1 N–H and O–H groups in total. The van der Waals surface area contributed by atoms with Crippen molar-refractivity contribution in [1.29, 1.82) is 0 Å². The summed E-state index contributed by atoms with van der Waals surface area (Å²) in [6.07, 6.45) is -2.74. The Bertz CT molecular complexity index is 973. The third-order valence-electron chi connectivity index (χ3n) is 4.70. The van der Waals surface area contributed by atoms with E-state index in [9.17, 15) is 18.0 Å². The lowest BCUT2D eigenvalue weighted by Gasteiger charge is -2.18. The van der Waals surface area contributed by atoms with Gasteiger partial charge in [-0.1, -0.05) is 32.0 Å². The largest absolute Gasteiger partial charge is 0.418 e. The Morgan fingerprint density at radius 1 is 1.04 bits per heavy atom. The average Bonchev–Trinajstić information content (AvgIpc) is 3.03. The SMILES string of the molecule is CC(C)c1ccc2c(ccn2C(C)C(=O)Nc2ccccc2C(F)(F)F)c1. The number of carbonyl (C=O) groups is 1. The second-order valence-electron chi connectivity index (χ2n) is 6.90. The van der Waals surface area contributed by atoms with Crippen LogP contribution in [-0.2, 0) is 11.0 Å². The smallest absolute Gasteiger partial charge is 0.335 e. The Morgan fingerprint density at radius 3 is 2.41 bits per heavy atom. The van der Waals surface area contributed by atoms with Crippen molar-refractivity contribution in [1.82, 2.24) is 4.57 Å². The molecule has 1 aromatic heterocycles. The summed E-state index contributed by atoms with van der Waals surface area (Å²) >= 11 is 0. The Balaban J connectivity index is 1.88. The highest BCUT2D eigenvalue weighted by atomic mass is 19.4. The zero-order chi connectivity index (χ0) is 19.8. The van der Waals surface area contributed by atoms with Crippen molar-refractivity contribution in [3.63, 3.8) is 0 Å². The lowest BCUT2D eigenvalue weighted by molar-refractivity contribution is -0.137. The summed E-state index contributed by atoms with van der Waals surface area (Å²) in [7, 11) is 0. The highest BCUT2D eigenvalue weighted by Gasteiger charge is 2.34. The van der Waals surface area contributed by atoms with Crippen LogP contribution in [0, 0.1) is 0 Å². The van der Waals surface area contributed by atoms with Crippen LogP contribution in [0.15, 0.2) is 54.7 Å². The highest BCUT2D eigenvalue weighted by Crippen LogP contribution is 2.35. The van der Waals surface area contributed by atoms with Crippen molar-refractivity contribution in [2.24, 2.45) is 0 Å². The van der Waals surface area contributed by atoms with Gasteiger partial charge in [0.25, 0.3) is 0 Å². The normalized spacial score (nSPS) is 13.1. The molecule has 3 aromatic rings. The van der Waals surface area contributed by atoms with Gasteiger partial charge in [0.05, 0.1) is 11.3 Å². The van der Waals surface area contributed by atoms with E-state index in [2.05, 4.69) is 25.2 Å². The van der Waals surface area contributed by atoms with Crippen LogP contribution in [0.25, 0.3) is 10.9 Å². The maximum absolute atomic E-state index is 13.1. The molecule has 0 saturated carbocycles. The number of halogens is 3. The molecule has 0 radical (unpaired) electrons. The topological polar surface area (TPSA) is 34.0 Å². The summed E-state index contributed by atoms with van der Waals surface area (Å²) in [6, 6.07) is 12.3. The Morgan fingerprint density at radius 2 is 1.74 bits per heavy atom. The molecular formula is C21H21F3N2O. The molecule has 27 heavy (non-hydrogen) atoms. The Labute approximate surface area is 155 Å². The van der Waals surface area contributed by atoms with E-state index in [-0.39, 0.29) is 5.69 Å². The zero-order valence-electron chi connectivity index (χ0n) is 15.3. The van der Waals surface area contributed by atoms with Crippen LogP contribution in [-0.4, -0.2) is 10.5 Å². The van der Waals surface area contributed by atoms with Crippen molar-refractivity contribution >= 4 is 22.5 Å². The quantitative estimate of drug-likeness (QED) is 0.599. The fourth-order valence-corrected chi connectivity index (χ4v) is 3.08. The first-order valence-corrected chi connectivity index (χ1v) is 8.76. The number of aromatic nitrogens is 1. The molecule has 0 aliphatic rings. The number of benzene rings is 2. The monoisotopic (exact) mass is 374 g/mol. The van der Waals surface area contributed by atoms with E-state index in [0.29, 0.717) is 5.92 Å². The summed E-state index contributed by atoms with van der Waals surface area (Å²) in [4.78, 5) is 12.6. The molecule has 1 unspecified atom stereocenters. The number of nitrogens with one attached hydrogen (secondary N) is 1. The van der Waals surface area contributed by atoms with Crippen molar-refractivity contribution < 1.29 is 18.0 Å². The van der Waals surface area contributed by atoms with Gasteiger partial charge in [0.1, 0.15) is 6.04 Å². The van der Waals surface area contributed by atoms with Crippen molar-refractivity contribution in [2.45, 2.75) is 38.9 Å². The predicted octanol–water partition coefficient (Wildman–Crippen LogP) is 5.98. The van der Waals surface area contributed by atoms with Gasteiger partial charge in [-0.25, -0.2) is 0 Å². The van der Waals surface area contributed by atoms with Crippen LogP contribution in [0.1, 0.15) is 43.9 Å². The minimum absolute atomic E-state index is 0.236. The second kappa shape index (κ2) is 7.10. The van der Waals surface area contributed by atoms with Crippen LogP contribution in [0.5, 0.6) is 0 Å². The molecule has 1 atom stereocenters. The number of carbonyl (C=O) groups excluding carboxylic acids is 1. The van der Waals surface area contributed by atoms with Gasteiger partial charge in [0.15, 0.2) is 0 Å². The summed E-state index contributed by atoms with van der Waals surface area (Å²) in [5.41, 5.74) is 0.965. The summed E-state index contributed by atoms with van der Waals surface area (Å²) in [5.74, 6) is -0.116. The molecule has 142 valence electrons. The van der Waals surface area contributed by atoms with E-state index in [1.807, 2.05) is 18.2 Å². The fourth-order valence-electron chi connectivity index (χ4n) is 3.08. The van der Waals surface area contributed by atoms with Gasteiger partial charge in [-0.3, -0.25) is 4.79 Å². The molecular weight excluding hydrogens is 353 g/mol. The third-order valence-corrected chi connectivity index (χ3v) is 4.70. The molecule has 0 spiro atoms. The number of anilines is 1. The number of hydrogen-bond acceptors (Lipinski definition) is 1. The van der Waals surface area contributed by atoms with E-state index < -0.39 is 23.7 Å². The van der Waals surface area contributed by atoms with E-state index in [0.717, 1.165) is 17.0 Å². The second-order valence-corrected chi connectivity index (χ2v) is 6.90. The fraction of sp³-hybridized carbons (Fsp3) is 0.286. The third kappa shape index (κ3) is 3.84. The van der Waals surface area contributed by atoms with Gasteiger partial charge >= 0.3 is 6.18 Å². The zero-order valence-corrected chi connectivity index (χ0v) is 15.3. The van der Waals surface area contributed by atoms with E-state index in [1.165, 1.54) is 23.8 Å². The summed E-state index contributed by atoms with van der Waals surface area (Å²) in [5, 5.41) is 3.42. The molecule has 0 bridgehead atoms. The van der Waals surface area contributed by atoms with Gasteiger partial charge in [-0.2, -0.15) is 13.2 Å². The maximum atomic E-state index is 13.1. The molecule has 1 amide bonds. The van der Waals surface area contributed by atoms with Crippen LogP contribution >= 0.6 is 0 Å². The first-order valence-electron chi connectivity index (χ1n) is 8.76. The number of amides is 1. The predicted molar refractivity (Wildman–Crippen MR) is 101 cm³/mol. The molecule has 3 nitrogen and oxygen atoms in total. The van der Waals surface area contributed by atoms with Crippen LogP contribution in [0.2, 0.25) is 0 Å². The highest BCUT2D eigenvalue weighted by molar-refractivity contribution is 5.95.